The van der Waals surface area contributed by atoms with Crippen molar-refractivity contribution in [2.45, 2.75) is 19.3 Å². The first-order valence-corrected chi connectivity index (χ1v) is 2.57. The van der Waals surface area contributed by atoms with Crippen molar-refractivity contribution in [3.8, 4) is 0 Å². The van der Waals surface area contributed by atoms with Crippen molar-refractivity contribution in [3.05, 3.63) is 0 Å². The first-order valence-electron chi connectivity index (χ1n) is 2.03. The number of rotatable bonds is 0. The summed E-state index contributed by atoms with van der Waals surface area (Å²) in [4.78, 5) is 0. The lowest BCUT2D eigenvalue weighted by molar-refractivity contribution is 0.599. The minimum absolute atomic E-state index is 0.778. The Labute approximate surface area is 42.3 Å². The van der Waals surface area contributed by atoms with Gasteiger partial charge in [-0.1, -0.05) is 30.9 Å². The van der Waals surface area contributed by atoms with Gasteiger partial charge in [0.25, 0.3) is 0 Å². The molecule has 0 N–H and O–H groups in total. The van der Waals surface area contributed by atoms with E-state index in [1.54, 1.807) is 0 Å². The summed E-state index contributed by atoms with van der Waals surface area (Å²) in [5.74, 6) is 0. The molecule has 0 aliphatic heterocycles. The van der Waals surface area contributed by atoms with Crippen LogP contribution in [-0.2, 0) is 0 Å². The largest absolute Gasteiger partial charge is 0.234 e. The molecule has 0 aromatic heterocycles. The van der Waals surface area contributed by atoms with Crippen LogP contribution >= 0.6 is 11.6 Å². The molecule has 0 atom stereocenters. The van der Waals surface area contributed by atoms with Crippen LogP contribution < -0.4 is 0 Å². The van der Waals surface area contributed by atoms with Gasteiger partial charge in [0.1, 0.15) is 0 Å². The van der Waals surface area contributed by atoms with E-state index in [2.05, 4.69) is 11.6 Å². The highest BCUT2D eigenvalue weighted by molar-refractivity contribution is 6.16. The van der Waals surface area contributed by atoms with Gasteiger partial charge in [0.2, 0.25) is 0 Å². The Kier molecular flexibility index (Phi) is 5.41. The third-order valence-electron chi connectivity index (χ3n) is 0.354. The van der Waals surface area contributed by atoms with E-state index in [0.29, 0.717) is 0 Å². The molecule has 0 radical (unpaired) electrons. The molecule has 0 aromatic carbocycles. The summed E-state index contributed by atoms with van der Waals surface area (Å²) in [7, 11) is 0. The molecule has 1 aliphatic carbocycles. The SMILES string of the molecule is C1CC1.FCCl. The Balaban J connectivity index is 0.0000000833. The average molecular weight is 111 g/mol. The summed E-state index contributed by atoms with van der Waals surface area (Å²) in [6.45, 7) is 0. The second kappa shape index (κ2) is 5.22. The van der Waals surface area contributed by atoms with Crippen LogP contribution in [0.3, 0.4) is 0 Å². The van der Waals surface area contributed by atoms with E-state index >= 15 is 0 Å². The van der Waals surface area contributed by atoms with Crippen LogP contribution in [0, 0.1) is 0 Å². The van der Waals surface area contributed by atoms with Gasteiger partial charge in [0.15, 0.2) is 6.13 Å². The molecule has 0 spiro atoms. The first kappa shape index (κ1) is 6.22. The Morgan fingerprint density at radius 1 is 1.33 bits per heavy atom. The molecule has 1 aliphatic rings. The molecule has 2 heteroatoms. The quantitative estimate of drug-likeness (QED) is 0.420. The van der Waals surface area contributed by atoms with Gasteiger partial charge < -0.3 is 0 Å². The highest BCUT2D eigenvalue weighted by Crippen LogP contribution is 2.14. The predicted molar refractivity (Wildman–Crippen MR) is 25.7 cm³/mol. The fourth-order valence-electron chi connectivity index (χ4n) is 0. The van der Waals surface area contributed by atoms with E-state index < -0.39 is 6.13 Å². The van der Waals surface area contributed by atoms with Crippen LogP contribution in [0.1, 0.15) is 19.3 Å². The smallest absolute Gasteiger partial charge is 0.163 e. The molecule has 0 bridgehead atoms. The standard InChI is InChI=1S/C3H6.CH2ClF/c1-2-3-1;2-1-3/h1-3H2;1H2. The first-order chi connectivity index (χ1) is 2.91. The second-order valence-corrected chi connectivity index (χ2v) is 1.36. The Morgan fingerprint density at radius 3 is 1.50 bits per heavy atom. The molecule has 0 amide bonds. The number of hydrogen-bond acceptors (Lipinski definition) is 0. The third kappa shape index (κ3) is 29.4. The molecule has 0 heterocycles. The molecule has 1 saturated carbocycles. The van der Waals surface area contributed by atoms with Gasteiger partial charge in [-0.05, 0) is 0 Å². The highest BCUT2D eigenvalue weighted by atomic mass is 35.5. The summed E-state index contributed by atoms with van der Waals surface area (Å²) in [5, 5.41) is 0. The van der Waals surface area contributed by atoms with Crippen LogP contribution in [0.15, 0.2) is 0 Å². The maximum absolute atomic E-state index is 10.1. The molecule has 6 heavy (non-hydrogen) atoms. The Morgan fingerprint density at radius 2 is 1.50 bits per heavy atom. The maximum Gasteiger partial charge on any atom is 0.163 e. The molecule has 1 fully saturated rings. The van der Waals surface area contributed by atoms with E-state index in [9.17, 15) is 4.39 Å². The zero-order chi connectivity index (χ0) is 4.83. The van der Waals surface area contributed by atoms with Crippen molar-refractivity contribution in [2.24, 2.45) is 0 Å². The topological polar surface area (TPSA) is 0 Å². The highest BCUT2D eigenvalue weighted by Gasteiger charge is 1.95. The summed E-state index contributed by atoms with van der Waals surface area (Å²) in [5.41, 5.74) is 0. The van der Waals surface area contributed by atoms with Crippen LogP contribution in [0.4, 0.5) is 4.39 Å². The fraction of sp³-hybridized carbons (Fsp3) is 1.00. The Bertz CT molecular complexity index is 18.8. The fourth-order valence-corrected chi connectivity index (χ4v) is 0. The monoisotopic (exact) mass is 110 g/mol. The second-order valence-electron chi connectivity index (χ2n) is 1.16. The summed E-state index contributed by atoms with van der Waals surface area (Å²) in [6.07, 6.45) is 3.72. The van der Waals surface area contributed by atoms with Crippen molar-refractivity contribution in [1.29, 1.82) is 0 Å². The lowest BCUT2D eigenvalue weighted by Gasteiger charge is -1.42. The Hall–Kier alpha value is 0.220. The zero-order valence-electron chi connectivity index (χ0n) is 3.58. The minimum Gasteiger partial charge on any atom is -0.234 e. The van der Waals surface area contributed by atoms with Gasteiger partial charge in [-0.15, -0.1) is 0 Å². The molecule has 38 valence electrons. The molecule has 1 rings (SSSR count). The molecule has 0 saturated heterocycles. The number of halogens is 2. The lowest BCUT2D eigenvalue weighted by Crippen LogP contribution is -1.29. The van der Waals surface area contributed by atoms with E-state index in [1.807, 2.05) is 0 Å². The van der Waals surface area contributed by atoms with Crippen molar-refractivity contribution in [2.75, 3.05) is 6.13 Å². The van der Waals surface area contributed by atoms with E-state index in [4.69, 9.17) is 0 Å². The van der Waals surface area contributed by atoms with E-state index in [1.165, 1.54) is 19.3 Å². The van der Waals surface area contributed by atoms with E-state index in [-0.39, 0.29) is 0 Å². The van der Waals surface area contributed by atoms with Crippen molar-refractivity contribution in [1.82, 2.24) is 0 Å². The molecule has 0 unspecified atom stereocenters. The van der Waals surface area contributed by atoms with Gasteiger partial charge in [0, 0.05) is 0 Å². The maximum atomic E-state index is 10.1. The zero-order valence-corrected chi connectivity index (χ0v) is 4.34. The third-order valence-corrected chi connectivity index (χ3v) is 0.354. The van der Waals surface area contributed by atoms with Crippen molar-refractivity contribution in [3.63, 3.8) is 0 Å². The van der Waals surface area contributed by atoms with Crippen LogP contribution in [-0.4, -0.2) is 6.13 Å². The van der Waals surface area contributed by atoms with Gasteiger partial charge >= 0.3 is 0 Å². The van der Waals surface area contributed by atoms with Crippen LogP contribution in [0.2, 0.25) is 0 Å². The van der Waals surface area contributed by atoms with Gasteiger partial charge in [-0.25, -0.2) is 4.39 Å². The van der Waals surface area contributed by atoms with Crippen LogP contribution in [0.5, 0.6) is 0 Å². The summed E-state index contributed by atoms with van der Waals surface area (Å²) >= 11 is 4.33. The summed E-state index contributed by atoms with van der Waals surface area (Å²) < 4.78 is 10.1. The minimum atomic E-state index is -0.778. The molecule has 0 aromatic rings. The number of alkyl halides is 2. The predicted octanol–water partition coefficient (Wildman–Crippen LogP) is 2.32. The van der Waals surface area contributed by atoms with E-state index in [0.717, 1.165) is 0 Å². The van der Waals surface area contributed by atoms with Gasteiger partial charge in [-0.3, -0.25) is 0 Å². The molecular formula is C4H8ClF. The molecule has 0 nitrogen and oxygen atoms in total. The summed E-state index contributed by atoms with van der Waals surface area (Å²) in [6, 6.07) is 0. The van der Waals surface area contributed by atoms with Gasteiger partial charge in [0.05, 0.1) is 0 Å². The lowest BCUT2D eigenvalue weighted by atomic mass is 11.0. The van der Waals surface area contributed by atoms with Crippen LogP contribution in [0.25, 0.3) is 0 Å². The van der Waals surface area contributed by atoms with Crippen molar-refractivity contribution >= 4 is 11.6 Å². The number of hydrogen-bond donors (Lipinski definition) is 0. The van der Waals surface area contributed by atoms with Gasteiger partial charge in [-0.2, -0.15) is 0 Å². The normalized spacial score (nSPS) is 15.0. The van der Waals surface area contributed by atoms with Crippen molar-refractivity contribution < 1.29 is 4.39 Å². The molecular weight excluding hydrogens is 102 g/mol. The average Bonchev–Trinajstić information content (AvgIpc) is 2.11.